The Labute approximate surface area is 227 Å². The molecule has 2 aromatic carbocycles. The van der Waals surface area contributed by atoms with Crippen molar-refractivity contribution in [1.82, 2.24) is 0 Å². The van der Waals surface area contributed by atoms with Gasteiger partial charge in [0.25, 0.3) is 8.32 Å². The van der Waals surface area contributed by atoms with Gasteiger partial charge in [-0.1, -0.05) is 88.4 Å². The highest BCUT2D eigenvalue weighted by Gasteiger charge is 2.53. The van der Waals surface area contributed by atoms with Gasteiger partial charge < -0.3 is 9.16 Å². The lowest BCUT2D eigenvalue weighted by molar-refractivity contribution is -0.140. The summed E-state index contributed by atoms with van der Waals surface area (Å²) in [6.07, 6.45) is 4.27. The maximum Gasteiger partial charge on any atom is 0.341 e. The number of ketones is 1. The van der Waals surface area contributed by atoms with Crippen molar-refractivity contribution in [3.05, 3.63) is 83.5 Å². The lowest BCUT2D eigenvalue weighted by atomic mass is 9.68. The summed E-state index contributed by atoms with van der Waals surface area (Å²) in [6.45, 7) is 10.6. The van der Waals surface area contributed by atoms with E-state index in [9.17, 15) is 14.4 Å². The Hall–Kier alpha value is -3.09. The quantitative estimate of drug-likeness (QED) is 0.216. The molecule has 5 nitrogen and oxygen atoms in total. The molecule has 0 bridgehead atoms. The van der Waals surface area contributed by atoms with Gasteiger partial charge in [0, 0.05) is 12.0 Å². The molecule has 0 spiro atoms. The number of aldehydes is 1. The molecule has 0 heterocycles. The van der Waals surface area contributed by atoms with Gasteiger partial charge in [-0.2, -0.15) is 0 Å². The average molecular weight is 531 g/mol. The first kappa shape index (κ1) is 27.9. The van der Waals surface area contributed by atoms with Crippen LogP contribution in [-0.4, -0.2) is 39.1 Å². The SMILES string of the molecule is CCOC(=O)C1=CC2=C(C=O)[C@@H](O[Si](c3ccccc3)(c3ccccc3)C(C)(C)C)CC[C@@]2(C)CCC1=O. The van der Waals surface area contributed by atoms with Gasteiger partial charge in [-0.05, 0) is 58.7 Å². The number of carbonyl (C=O) groups is 3. The molecule has 0 saturated heterocycles. The topological polar surface area (TPSA) is 69.7 Å². The second-order valence-corrected chi connectivity index (χ2v) is 15.8. The van der Waals surface area contributed by atoms with Crippen LogP contribution in [0.4, 0.5) is 0 Å². The Balaban J connectivity index is 1.92. The zero-order valence-corrected chi connectivity index (χ0v) is 24.1. The van der Waals surface area contributed by atoms with Crippen molar-refractivity contribution in [2.45, 2.75) is 71.4 Å². The number of hydrogen-bond acceptors (Lipinski definition) is 5. The molecule has 38 heavy (non-hydrogen) atoms. The van der Waals surface area contributed by atoms with Gasteiger partial charge in [0.05, 0.1) is 12.7 Å². The van der Waals surface area contributed by atoms with Crippen molar-refractivity contribution >= 4 is 36.7 Å². The van der Waals surface area contributed by atoms with Crippen LogP contribution < -0.4 is 10.4 Å². The van der Waals surface area contributed by atoms with E-state index in [0.29, 0.717) is 18.4 Å². The van der Waals surface area contributed by atoms with E-state index >= 15 is 0 Å². The number of allylic oxidation sites excluding steroid dienone is 2. The summed E-state index contributed by atoms with van der Waals surface area (Å²) in [4.78, 5) is 38.4. The largest absolute Gasteiger partial charge is 0.462 e. The normalized spacial score (nSPS) is 22.3. The Morgan fingerprint density at radius 3 is 2.11 bits per heavy atom. The zero-order chi connectivity index (χ0) is 27.6. The van der Waals surface area contributed by atoms with Crippen LogP contribution in [0.15, 0.2) is 83.5 Å². The van der Waals surface area contributed by atoms with Gasteiger partial charge in [-0.3, -0.25) is 9.59 Å². The van der Waals surface area contributed by atoms with E-state index in [1.165, 1.54) is 0 Å². The standard InChI is InChI=1S/C32H38O5Si/c1-6-36-30(35)25-21-27-26(22-33)29(18-20-32(27,5)19-17-28(25)34)37-38(31(2,3)4,23-13-9-7-10-14-23)24-15-11-8-12-16-24/h7-16,21-22,29H,6,17-20H2,1-5H3/t29-,32+/m0/s1. The van der Waals surface area contributed by atoms with E-state index in [4.69, 9.17) is 9.16 Å². The Bertz CT molecular complexity index is 1220. The van der Waals surface area contributed by atoms with Crippen LogP contribution in [0.5, 0.6) is 0 Å². The van der Waals surface area contributed by atoms with E-state index in [1.54, 1.807) is 13.0 Å². The Kier molecular flexibility index (Phi) is 8.05. The van der Waals surface area contributed by atoms with E-state index in [0.717, 1.165) is 28.7 Å². The van der Waals surface area contributed by atoms with Crippen LogP contribution in [0.3, 0.4) is 0 Å². The van der Waals surface area contributed by atoms with E-state index < -0.39 is 25.8 Å². The number of esters is 1. The molecule has 0 saturated carbocycles. The molecule has 2 atom stereocenters. The minimum absolute atomic E-state index is 0.0241. The van der Waals surface area contributed by atoms with Gasteiger partial charge in [-0.15, -0.1) is 0 Å². The third-order valence-corrected chi connectivity index (χ3v) is 13.2. The summed E-state index contributed by atoms with van der Waals surface area (Å²) in [5, 5.41) is 2.03. The molecule has 0 amide bonds. The first-order chi connectivity index (χ1) is 18.1. The van der Waals surface area contributed by atoms with Crippen LogP contribution in [0.25, 0.3) is 0 Å². The van der Waals surface area contributed by atoms with Crippen molar-refractivity contribution in [1.29, 1.82) is 0 Å². The van der Waals surface area contributed by atoms with Crippen LogP contribution >= 0.6 is 0 Å². The first-order valence-electron chi connectivity index (χ1n) is 13.5. The summed E-state index contributed by atoms with van der Waals surface area (Å²) in [5.41, 5.74) is 0.890. The van der Waals surface area contributed by atoms with Gasteiger partial charge in [0.2, 0.25) is 0 Å². The van der Waals surface area contributed by atoms with Crippen LogP contribution in [0.2, 0.25) is 5.04 Å². The minimum Gasteiger partial charge on any atom is -0.462 e. The molecular weight excluding hydrogens is 492 g/mol. The lowest BCUT2D eigenvalue weighted by Crippen LogP contribution is -2.68. The number of hydrogen-bond donors (Lipinski definition) is 0. The maximum absolute atomic E-state index is 12.9. The number of Topliss-reactive ketones (excluding diaryl/α,β-unsaturated/α-hetero) is 1. The van der Waals surface area contributed by atoms with Gasteiger partial charge in [-0.25, -0.2) is 4.79 Å². The maximum atomic E-state index is 12.9. The van der Waals surface area contributed by atoms with Gasteiger partial charge in [0.1, 0.15) is 11.9 Å². The highest BCUT2D eigenvalue weighted by molar-refractivity contribution is 6.99. The lowest BCUT2D eigenvalue weighted by Gasteiger charge is -2.47. The molecule has 2 aliphatic rings. The fourth-order valence-electron chi connectivity index (χ4n) is 6.08. The molecule has 200 valence electrons. The van der Waals surface area contributed by atoms with Gasteiger partial charge >= 0.3 is 5.97 Å². The molecular formula is C32H38O5Si. The predicted molar refractivity (Wildman–Crippen MR) is 152 cm³/mol. The summed E-state index contributed by atoms with van der Waals surface area (Å²) < 4.78 is 12.5. The molecule has 2 aromatic rings. The average Bonchev–Trinajstić information content (AvgIpc) is 3.03. The smallest absolute Gasteiger partial charge is 0.341 e. The van der Waals surface area contributed by atoms with E-state index in [1.807, 2.05) is 36.4 Å². The first-order valence-corrected chi connectivity index (χ1v) is 15.4. The van der Waals surface area contributed by atoms with Crippen molar-refractivity contribution < 1.29 is 23.5 Å². The summed E-state index contributed by atoms with van der Waals surface area (Å²) in [5.74, 6) is -0.865. The molecule has 2 aliphatic carbocycles. The Morgan fingerprint density at radius 2 is 1.61 bits per heavy atom. The number of fused-ring (bicyclic) bond motifs is 1. The monoisotopic (exact) mass is 530 g/mol. The Morgan fingerprint density at radius 1 is 1.03 bits per heavy atom. The number of rotatable bonds is 7. The van der Waals surface area contributed by atoms with Crippen LogP contribution in [-0.2, 0) is 23.5 Å². The van der Waals surface area contributed by atoms with Crippen molar-refractivity contribution in [2.24, 2.45) is 5.41 Å². The second kappa shape index (κ2) is 10.9. The third kappa shape index (κ3) is 4.99. The molecule has 4 rings (SSSR count). The number of ether oxygens (including phenoxy) is 1. The van der Waals surface area contributed by atoms with Crippen molar-refractivity contribution in [3.63, 3.8) is 0 Å². The van der Waals surface area contributed by atoms with Crippen molar-refractivity contribution in [2.75, 3.05) is 6.61 Å². The predicted octanol–water partition coefficient (Wildman–Crippen LogP) is 5.08. The fourth-order valence-corrected chi connectivity index (χ4v) is 10.8. The zero-order valence-electron chi connectivity index (χ0n) is 23.1. The molecule has 6 heteroatoms. The highest BCUT2D eigenvalue weighted by Crippen LogP contribution is 2.49. The summed E-state index contributed by atoms with van der Waals surface area (Å²) in [7, 11) is -2.93. The van der Waals surface area contributed by atoms with Crippen LogP contribution in [0.1, 0.15) is 60.3 Å². The van der Waals surface area contributed by atoms with Crippen LogP contribution in [0, 0.1) is 5.41 Å². The van der Waals surface area contributed by atoms with E-state index in [-0.39, 0.29) is 29.4 Å². The molecule has 0 aliphatic heterocycles. The molecule has 0 fully saturated rings. The molecule has 0 unspecified atom stereocenters. The summed E-state index contributed by atoms with van der Waals surface area (Å²) >= 11 is 0. The number of benzene rings is 2. The highest BCUT2D eigenvalue weighted by atomic mass is 28.4. The van der Waals surface area contributed by atoms with Gasteiger partial charge in [0.15, 0.2) is 5.78 Å². The molecule has 0 N–H and O–H groups in total. The number of carbonyl (C=O) groups excluding carboxylic acids is 3. The van der Waals surface area contributed by atoms with Crippen molar-refractivity contribution in [3.8, 4) is 0 Å². The minimum atomic E-state index is -2.93. The molecule has 0 aromatic heterocycles. The second-order valence-electron chi connectivity index (χ2n) is 11.6. The fraction of sp³-hybridized carbons (Fsp3) is 0.406. The van der Waals surface area contributed by atoms with E-state index in [2.05, 4.69) is 52.0 Å². The molecule has 0 radical (unpaired) electrons. The third-order valence-electron chi connectivity index (χ3n) is 8.12. The summed E-state index contributed by atoms with van der Waals surface area (Å²) in [6, 6.07) is 20.7.